The van der Waals surface area contributed by atoms with Gasteiger partial charge < -0.3 is 5.32 Å². The first-order chi connectivity index (χ1) is 12.0. The van der Waals surface area contributed by atoms with Crippen molar-refractivity contribution in [1.29, 1.82) is 0 Å². The SMILES string of the molecule is Cc1cccc(NC(=O)c2nn(-c3ccccc3)c(C)cc2=O)c1C. The Balaban J connectivity index is 2.01. The fraction of sp³-hybridized carbons (Fsp3) is 0.150. The van der Waals surface area contributed by atoms with Gasteiger partial charge in [-0.05, 0) is 50.1 Å². The second-order valence-electron chi connectivity index (χ2n) is 5.95. The Morgan fingerprint density at radius 3 is 2.44 bits per heavy atom. The zero-order valence-electron chi connectivity index (χ0n) is 14.4. The average Bonchev–Trinajstić information content (AvgIpc) is 2.59. The number of nitrogens with zero attached hydrogens (tertiary/aromatic N) is 2. The molecule has 0 radical (unpaired) electrons. The van der Waals surface area contributed by atoms with E-state index in [-0.39, 0.29) is 5.69 Å². The maximum atomic E-state index is 12.6. The number of carbonyl (C=O) groups excluding carboxylic acids is 1. The van der Waals surface area contributed by atoms with Crippen LogP contribution in [0.2, 0.25) is 0 Å². The van der Waals surface area contributed by atoms with Crippen molar-refractivity contribution in [3.8, 4) is 5.69 Å². The van der Waals surface area contributed by atoms with Gasteiger partial charge in [0, 0.05) is 17.4 Å². The molecule has 1 heterocycles. The molecule has 0 aliphatic heterocycles. The first kappa shape index (κ1) is 16.6. The maximum absolute atomic E-state index is 12.6. The highest BCUT2D eigenvalue weighted by Crippen LogP contribution is 2.18. The molecule has 5 nitrogen and oxygen atoms in total. The predicted molar refractivity (Wildman–Crippen MR) is 98.4 cm³/mol. The van der Waals surface area contributed by atoms with Gasteiger partial charge in [0.2, 0.25) is 5.43 Å². The van der Waals surface area contributed by atoms with Gasteiger partial charge in [0.1, 0.15) is 0 Å². The molecular weight excluding hydrogens is 314 g/mol. The molecule has 0 aliphatic carbocycles. The lowest BCUT2D eigenvalue weighted by Crippen LogP contribution is -2.27. The standard InChI is InChI=1S/C20H19N3O2/c1-13-8-7-11-17(15(13)3)21-20(25)19-18(24)12-14(2)23(22-19)16-9-5-4-6-10-16/h4-12H,1-3H3,(H,21,25). The third-order valence-electron chi connectivity index (χ3n) is 4.18. The molecular formula is C20H19N3O2. The second-order valence-corrected chi connectivity index (χ2v) is 5.95. The van der Waals surface area contributed by atoms with Crippen molar-refractivity contribution in [2.45, 2.75) is 20.8 Å². The van der Waals surface area contributed by atoms with E-state index in [4.69, 9.17) is 0 Å². The van der Waals surface area contributed by atoms with Crippen LogP contribution in [0.1, 0.15) is 27.3 Å². The highest BCUT2D eigenvalue weighted by molar-refractivity contribution is 6.03. The molecule has 1 N–H and O–H groups in total. The largest absolute Gasteiger partial charge is 0.320 e. The fourth-order valence-electron chi connectivity index (χ4n) is 2.60. The lowest BCUT2D eigenvalue weighted by molar-refractivity contribution is 0.101. The lowest BCUT2D eigenvalue weighted by Gasteiger charge is -2.12. The molecule has 5 heteroatoms. The summed E-state index contributed by atoms with van der Waals surface area (Å²) in [4.78, 5) is 24.9. The Kier molecular flexibility index (Phi) is 4.48. The minimum atomic E-state index is -0.511. The molecule has 0 atom stereocenters. The van der Waals surface area contributed by atoms with Gasteiger partial charge in [0.05, 0.1) is 5.69 Å². The van der Waals surface area contributed by atoms with Gasteiger partial charge in [-0.15, -0.1) is 0 Å². The van der Waals surface area contributed by atoms with E-state index in [0.29, 0.717) is 11.4 Å². The van der Waals surface area contributed by atoms with Crippen molar-refractivity contribution in [3.05, 3.63) is 87.3 Å². The number of nitrogens with one attached hydrogen (secondary N) is 1. The highest BCUT2D eigenvalue weighted by atomic mass is 16.2. The number of hydrogen-bond acceptors (Lipinski definition) is 3. The molecule has 3 aromatic rings. The van der Waals surface area contributed by atoms with Gasteiger partial charge in [-0.3, -0.25) is 9.59 Å². The van der Waals surface area contributed by atoms with E-state index in [2.05, 4.69) is 10.4 Å². The normalized spacial score (nSPS) is 10.5. The van der Waals surface area contributed by atoms with Crippen LogP contribution in [0.25, 0.3) is 5.69 Å². The summed E-state index contributed by atoms with van der Waals surface area (Å²) >= 11 is 0. The number of amides is 1. The number of aryl methyl sites for hydroxylation is 2. The number of aromatic nitrogens is 2. The summed E-state index contributed by atoms with van der Waals surface area (Å²) in [5.41, 5.74) is 3.64. The van der Waals surface area contributed by atoms with Crippen molar-refractivity contribution in [2.75, 3.05) is 5.32 Å². The zero-order valence-corrected chi connectivity index (χ0v) is 14.4. The number of hydrogen-bond donors (Lipinski definition) is 1. The van der Waals surface area contributed by atoms with Crippen LogP contribution >= 0.6 is 0 Å². The molecule has 25 heavy (non-hydrogen) atoms. The Labute approximate surface area is 145 Å². The van der Waals surface area contributed by atoms with Gasteiger partial charge in [-0.25, -0.2) is 4.68 Å². The molecule has 0 unspecified atom stereocenters. The molecule has 126 valence electrons. The summed E-state index contributed by atoms with van der Waals surface area (Å²) in [7, 11) is 0. The van der Waals surface area contributed by atoms with Gasteiger partial charge in [-0.2, -0.15) is 5.10 Å². The summed E-state index contributed by atoms with van der Waals surface area (Å²) in [5, 5.41) is 7.07. The summed E-state index contributed by atoms with van der Waals surface area (Å²) in [6.45, 7) is 5.68. The Hall–Kier alpha value is -3.21. The minimum absolute atomic E-state index is 0.129. The van der Waals surface area contributed by atoms with Crippen LogP contribution < -0.4 is 10.7 Å². The van der Waals surface area contributed by atoms with E-state index in [1.807, 2.05) is 62.4 Å². The van der Waals surface area contributed by atoms with E-state index in [1.54, 1.807) is 11.6 Å². The second kappa shape index (κ2) is 6.73. The van der Waals surface area contributed by atoms with Crippen LogP contribution in [0.4, 0.5) is 5.69 Å². The van der Waals surface area contributed by atoms with Crippen LogP contribution in [-0.4, -0.2) is 15.7 Å². The zero-order chi connectivity index (χ0) is 18.0. The molecule has 1 aromatic heterocycles. The van der Waals surface area contributed by atoms with Gasteiger partial charge in [0.15, 0.2) is 5.69 Å². The number of anilines is 1. The van der Waals surface area contributed by atoms with Crippen molar-refractivity contribution in [3.63, 3.8) is 0 Å². The molecule has 0 fully saturated rings. The van der Waals surface area contributed by atoms with Crippen molar-refractivity contribution in [1.82, 2.24) is 9.78 Å². The molecule has 0 saturated carbocycles. The summed E-state index contributed by atoms with van der Waals surface area (Å²) in [5.74, 6) is -0.511. The quantitative estimate of drug-likeness (QED) is 0.799. The van der Waals surface area contributed by atoms with Crippen molar-refractivity contribution < 1.29 is 4.79 Å². The lowest BCUT2D eigenvalue weighted by atomic mass is 10.1. The topological polar surface area (TPSA) is 64.0 Å². The minimum Gasteiger partial charge on any atom is -0.320 e. The van der Waals surface area contributed by atoms with Crippen LogP contribution in [0.5, 0.6) is 0 Å². The summed E-state index contributed by atoms with van der Waals surface area (Å²) in [6.07, 6.45) is 0. The molecule has 0 spiro atoms. The molecule has 2 aromatic carbocycles. The molecule has 3 rings (SSSR count). The van der Waals surface area contributed by atoms with Gasteiger partial charge >= 0.3 is 0 Å². The molecule has 1 amide bonds. The maximum Gasteiger partial charge on any atom is 0.280 e. The number of para-hydroxylation sites is 1. The fourth-order valence-corrected chi connectivity index (χ4v) is 2.60. The summed E-state index contributed by atoms with van der Waals surface area (Å²) < 4.78 is 1.60. The Bertz CT molecular complexity index is 992. The number of benzene rings is 2. The van der Waals surface area contributed by atoms with Crippen LogP contribution in [0.15, 0.2) is 59.4 Å². The first-order valence-corrected chi connectivity index (χ1v) is 8.01. The van der Waals surface area contributed by atoms with E-state index in [0.717, 1.165) is 16.8 Å². The van der Waals surface area contributed by atoms with Crippen molar-refractivity contribution >= 4 is 11.6 Å². The Morgan fingerprint density at radius 1 is 1.00 bits per heavy atom. The van der Waals surface area contributed by atoms with E-state index < -0.39 is 11.3 Å². The van der Waals surface area contributed by atoms with E-state index in [1.165, 1.54) is 6.07 Å². The average molecular weight is 333 g/mol. The Morgan fingerprint density at radius 2 is 1.72 bits per heavy atom. The molecule has 0 saturated heterocycles. The third-order valence-corrected chi connectivity index (χ3v) is 4.18. The van der Waals surface area contributed by atoms with Crippen LogP contribution in [0.3, 0.4) is 0 Å². The number of rotatable bonds is 3. The number of carbonyl (C=O) groups is 1. The monoisotopic (exact) mass is 333 g/mol. The van der Waals surface area contributed by atoms with Crippen molar-refractivity contribution in [2.24, 2.45) is 0 Å². The smallest absolute Gasteiger partial charge is 0.280 e. The van der Waals surface area contributed by atoms with E-state index >= 15 is 0 Å². The summed E-state index contributed by atoms with van der Waals surface area (Å²) in [6, 6.07) is 16.5. The van der Waals surface area contributed by atoms with Crippen LogP contribution in [-0.2, 0) is 0 Å². The van der Waals surface area contributed by atoms with Gasteiger partial charge in [0.25, 0.3) is 5.91 Å². The molecule has 0 aliphatic rings. The van der Waals surface area contributed by atoms with E-state index in [9.17, 15) is 9.59 Å². The third kappa shape index (κ3) is 3.35. The van der Waals surface area contributed by atoms with Gasteiger partial charge in [-0.1, -0.05) is 30.3 Å². The highest BCUT2D eigenvalue weighted by Gasteiger charge is 2.16. The molecule has 0 bridgehead atoms. The first-order valence-electron chi connectivity index (χ1n) is 8.01. The van der Waals surface area contributed by atoms with Crippen LogP contribution in [0, 0.1) is 20.8 Å². The predicted octanol–water partition coefficient (Wildman–Crippen LogP) is 3.41.